The van der Waals surface area contributed by atoms with Gasteiger partial charge < -0.3 is 9.88 Å². The Morgan fingerprint density at radius 3 is 2.93 bits per heavy atom. The fraction of sp³-hybridized carbons (Fsp3) is 0.524. The number of H-pyrrole nitrogens is 2. The zero-order chi connectivity index (χ0) is 20.6. The fourth-order valence-corrected chi connectivity index (χ4v) is 3.85. The van der Waals surface area contributed by atoms with E-state index in [2.05, 4.69) is 19.9 Å². The number of carbonyl (C=O) groups excluding carboxylic acids is 1. The highest BCUT2D eigenvalue weighted by Crippen LogP contribution is 2.22. The summed E-state index contributed by atoms with van der Waals surface area (Å²) in [4.78, 5) is 48.6. The average molecular weight is 399 g/mol. The van der Waals surface area contributed by atoms with Crippen molar-refractivity contribution in [1.29, 1.82) is 0 Å². The summed E-state index contributed by atoms with van der Waals surface area (Å²) in [6.45, 7) is 3.03. The Morgan fingerprint density at radius 2 is 2.17 bits per heavy atom. The van der Waals surface area contributed by atoms with Gasteiger partial charge in [0.05, 0.1) is 0 Å². The van der Waals surface area contributed by atoms with Gasteiger partial charge in [-0.3, -0.25) is 24.5 Å². The van der Waals surface area contributed by atoms with Crippen LogP contribution in [0, 0.1) is 5.92 Å². The van der Waals surface area contributed by atoms with E-state index in [9.17, 15) is 14.4 Å². The van der Waals surface area contributed by atoms with Crippen LogP contribution in [-0.2, 0) is 17.8 Å². The molecule has 156 valence electrons. The minimum absolute atomic E-state index is 0.164. The van der Waals surface area contributed by atoms with Gasteiger partial charge in [-0.2, -0.15) is 0 Å². The molecule has 0 unspecified atom stereocenters. The van der Waals surface area contributed by atoms with Crippen molar-refractivity contribution in [3.05, 3.63) is 62.7 Å². The molecule has 29 heavy (non-hydrogen) atoms. The quantitative estimate of drug-likeness (QED) is 0.693. The topological polar surface area (TPSA) is 102 Å². The predicted octanol–water partition coefficient (Wildman–Crippen LogP) is 1.15. The standard InChI is InChI=1S/C21H29N5O3/c1-25(12-9-17-6-2-3-10-22-17)20(28)8-7-16-5-4-11-26(14-16)15-18-13-19(27)24-21(29)23-18/h2-3,6,10,13,16H,4-5,7-9,11-12,14-15H2,1H3,(H2,23,24,27,29)/t16-/m0/s1. The van der Waals surface area contributed by atoms with Crippen molar-refractivity contribution in [3.63, 3.8) is 0 Å². The second-order valence-electron chi connectivity index (χ2n) is 7.78. The summed E-state index contributed by atoms with van der Waals surface area (Å²) in [7, 11) is 1.85. The van der Waals surface area contributed by atoms with E-state index < -0.39 is 5.69 Å². The van der Waals surface area contributed by atoms with Crippen LogP contribution in [0.2, 0.25) is 0 Å². The Morgan fingerprint density at radius 1 is 1.31 bits per heavy atom. The van der Waals surface area contributed by atoms with Crippen LogP contribution in [0.1, 0.15) is 37.1 Å². The molecule has 1 amide bonds. The minimum Gasteiger partial charge on any atom is -0.345 e. The van der Waals surface area contributed by atoms with Crippen molar-refractivity contribution in [2.24, 2.45) is 5.92 Å². The number of nitrogens with one attached hydrogen (secondary N) is 2. The smallest absolute Gasteiger partial charge is 0.325 e. The van der Waals surface area contributed by atoms with Crippen LogP contribution in [0.4, 0.5) is 0 Å². The first-order chi connectivity index (χ1) is 14.0. The molecule has 8 heteroatoms. The number of carbonyl (C=O) groups is 1. The monoisotopic (exact) mass is 399 g/mol. The number of likely N-dealkylation sites (N-methyl/N-ethyl adjacent to an activating group) is 1. The van der Waals surface area contributed by atoms with Gasteiger partial charge in [-0.25, -0.2) is 4.79 Å². The summed E-state index contributed by atoms with van der Waals surface area (Å²) in [6, 6.07) is 7.26. The van der Waals surface area contributed by atoms with E-state index in [1.54, 1.807) is 11.1 Å². The molecule has 0 bridgehead atoms. The second kappa shape index (κ2) is 10.2. The van der Waals surface area contributed by atoms with E-state index in [0.29, 0.717) is 31.1 Å². The van der Waals surface area contributed by atoms with Crippen LogP contribution in [0.3, 0.4) is 0 Å². The molecule has 2 aromatic rings. The lowest BCUT2D eigenvalue weighted by molar-refractivity contribution is -0.130. The van der Waals surface area contributed by atoms with Crippen molar-refractivity contribution in [3.8, 4) is 0 Å². The number of hydrogen-bond donors (Lipinski definition) is 2. The molecule has 3 rings (SSSR count). The second-order valence-corrected chi connectivity index (χ2v) is 7.78. The van der Waals surface area contributed by atoms with E-state index in [0.717, 1.165) is 44.5 Å². The van der Waals surface area contributed by atoms with E-state index in [-0.39, 0.29) is 11.5 Å². The zero-order valence-electron chi connectivity index (χ0n) is 16.9. The number of rotatable bonds is 8. The van der Waals surface area contributed by atoms with Crippen molar-refractivity contribution in [2.45, 2.75) is 38.6 Å². The van der Waals surface area contributed by atoms with Gasteiger partial charge in [0, 0.05) is 63.2 Å². The molecule has 1 aliphatic rings. The van der Waals surface area contributed by atoms with Crippen LogP contribution >= 0.6 is 0 Å². The summed E-state index contributed by atoms with van der Waals surface area (Å²) < 4.78 is 0. The third-order valence-electron chi connectivity index (χ3n) is 5.43. The molecular weight excluding hydrogens is 370 g/mol. The molecule has 0 spiro atoms. The first-order valence-electron chi connectivity index (χ1n) is 10.2. The summed E-state index contributed by atoms with van der Waals surface area (Å²) in [5.74, 6) is 0.614. The molecule has 0 aromatic carbocycles. The lowest BCUT2D eigenvalue weighted by Gasteiger charge is -2.32. The first-order valence-corrected chi connectivity index (χ1v) is 10.2. The number of aromatic nitrogens is 3. The number of aromatic amines is 2. The van der Waals surface area contributed by atoms with Crippen LogP contribution in [0.25, 0.3) is 0 Å². The highest BCUT2D eigenvalue weighted by atomic mass is 16.2. The van der Waals surface area contributed by atoms with Crippen LogP contribution < -0.4 is 11.2 Å². The average Bonchev–Trinajstić information content (AvgIpc) is 2.70. The predicted molar refractivity (Wildman–Crippen MR) is 110 cm³/mol. The number of pyridine rings is 1. The SMILES string of the molecule is CN(CCc1ccccn1)C(=O)CC[C@@H]1CCCN(Cc2cc(=O)[nH]c(=O)[nH]2)C1. The Bertz CT molecular complexity index is 880. The summed E-state index contributed by atoms with van der Waals surface area (Å²) >= 11 is 0. The van der Waals surface area contributed by atoms with Gasteiger partial charge in [0.2, 0.25) is 5.91 Å². The van der Waals surface area contributed by atoms with E-state index in [4.69, 9.17) is 0 Å². The Hall–Kier alpha value is -2.74. The third-order valence-corrected chi connectivity index (χ3v) is 5.43. The summed E-state index contributed by atoms with van der Waals surface area (Å²) in [6.07, 6.45) is 6.09. The largest absolute Gasteiger partial charge is 0.345 e. The highest BCUT2D eigenvalue weighted by Gasteiger charge is 2.21. The molecule has 1 atom stereocenters. The number of piperidine rings is 1. The van der Waals surface area contributed by atoms with E-state index in [1.807, 2.05) is 25.2 Å². The summed E-state index contributed by atoms with van der Waals surface area (Å²) in [5.41, 5.74) is 0.773. The minimum atomic E-state index is -0.472. The molecule has 0 aliphatic carbocycles. The van der Waals surface area contributed by atoms with E-state index >= 15 is 0 Å². The van der Waals surface area contributed by atoms with Gasteiger partial charge in [0.15, 0.2) is 0 Å². The Labute approximate surface area is 170 Å². The van der Waals surface area contributed by atoms with Crippen LogP contribution in [0.15, 0.2) is 40.1 Å². The van der Waals surface area contributed by atoms with Crippen LogP contribution in [0.5, 0.6) is 0 Å². The van der Waals surface area contributed by atoms with Gasteiger partial charge >= 0.3 is 5.69 Å². The maximum atomic E-state index is 12.5. The van der Waals surface area contributed by atoms with Crippen molar-refractivity contribution < 1.29 is 4.79 Å². The van der Waals surface area contributed by atoms with Crippen LogP contribution in [-0.4, -0.2) is 57.3 Å². The van der Waals surface area contributed by atoms with Gasteiger partial charge in [-0.05, 0) is 43.9 Å². The Kier molecular flexibility index (Phi) is 7.35. The van der Waals surface area contributed by atoms with Crippen molar-refractivity contribution in [2.75, 3.05) is 26.7 Å². The zero-order valence-corrected chi connectivity index (χ0v) is 16.9. The normalized spacial score (nSPS) is 17.2. The number of likely N-dealkylation sites (tertiary alicyclic amines) is 1. The van der Waals surface area contributed by atoms with Crippen molar-refractivity contribution in [1.82, 2.24) is 24.8 Å². The van der Waals surface area contributed by atoms with Crippen molar-refractivity contribution >= 4 is 5.91 Å². The molecule has 0 radical (unpaired) electrons. The fourth-order valence-electron chi connectivity index (χ4n) is 3.85. The molecule has 1 fully saturated rings. The number of nitrogens with zero attached hydrogens (tertiary/aromatic N) is 3. The first kappa shape index (κ1) is 21.0. The number of amides is 1. The molecule has 2 N–H and O–H groups in total. The maximum Gasteiger partial charge on any atom is 0.325 e. The third kappa shape index (κ3) is 6.67. The lowest BCUT2D eigenvalue weighted by atomic mass is 9.93. The van der Waals surface area contributed by atoms with E-state index in [1.165, 1.54) is 6.07 Å². The lowest BCUT2D eigenvalue weighted by Crippen LogP contribution is -2.37. The highest BCUT2D eigenvalue weighted by molar-refractivity contribution is 5.75. The van der Waals surface area contributed by atoms with Gasteiger partial charge in [0.25, 0.3) is 5.56 Å². The maximum absolute atomic E-state index is 12.5. The number of hydrogen-bond acceptors (Lipinski definition) is 5. The van der Waals surface area contributed by atoms with Gasteiger partial charge in [-0.1, -0.05) is 6.07 Å². The molecule has 1 saturated heterocycles. The molecular formula is C21H29N5O3. The summed E-state index contributed by atoms with van der Waals surface area (Å²) in [5, 5.41) is 0. The molecule has 1 aliphatic heterocycles. The van der Waals surface area contributed by atoms with Gasteiger partial charge in [0.1, 0.15) is 0 Å². The van der Waals surface area contributed by atoms with Gasteiger partial charge in [-0.15, -0.1) is 0 Å². The Balaban J connectivity index is 1.43. The molecule has 0 saturated carbocycles. The molecule has 3 heterocycles. The molecule has 2 aromatic heterocycles. The molecule has 8 nitrogen and oxygen atoms in total.